The van der Waals surface area contributed by atoms with Gasteiger partial charge < -0.3 is 20.6 Å². The molecule has 2 aliphatic carbocycles. The lowest BCUT2D eigenvalue weighted by Gasteiger charge is -2.40. The average Bonchev–Trinajstić information content (AvgIpc) is 3.15. The summed E-state index contributed by atoms with van der Waals surface area (Å²) in [7, 11) is 0. The molecule has 0 aromatic heterocycles. The number of phenols is 1. The van der Waals surface area contributed by atoms with Crippen molar-refractivity contribution in [3.8, 4) is 16.9 Å². The van der Waals surface area contributed by atoms with Gasteiger partial charge in [-0.25, -0.2) is 9.18 Å². The Morgan fingerprint density at radius 2 is 1.62 bits per heavy atom. The van der Waals surface area contributed by atoms with E-state index >= 15 is 0 Å². The second-order valence-corrected chi connectivity index (χ2v) is 16.3. The number of aliphatic hydroxyl groups excluding tert-OH is 1. The summed E-state index contributed by atoms with van der Waals surface area (Å²) in [4.78, 5) is 11.5. The summed E-state index contributed by atoms with van der Waals surface area (Å²) >= 11 is 0. The van der Waals surface area contributed by atoms with Crippen molar-refractivity contribution in [1.82, 2.24) is 0 Å². The van der Waals surface area contributed by atoms with Crippen molar-refractivity contribution in [3.05, 3.63) is 166 Å². The zero-order valence-electron chi connectivity index (χ0n) is 31.5. The van der Waals surface area contributed by atoms with Crippen LogP contribution in [0.2, 0.25) is 0 Å². The average molecular weight is 730 g/mol. The molecule has 6 aromatic rings. The Labute approximate surface area is 320 Å². The normalized spacial score (nSPS) is 16.3. The molecule has 5 nitrogen and oxygen atoms in total. The predicted molar refractivity (Wildman–Crippen MR) is 222 cm³/mol. The topological polar surface area (TPSA) is 89.8 Å². The number of aliphatic hydroxyl groups is 1. The van der Waals surface area contributed by atoms with Crippen molar-refractivity contribution in [2.24, 2.45) is 5.41 Å². The molecule has 0 spiro atoms. The summed E-state index contributed by atoms with van der Waals surface area (Å²) in [6.45, 7) is 9.78. The number of hydrogen-bond acceptors (Lipinski definition) is 4. The molecule has 6 aromatic carbocycles. The number of anilines is 1. The molecule has 276 valence electrons. The van der Waals surface area contributed by atoms with Crippen LogP contribution in [0.1, 0.15) is 84.8 Å². The summed E-state index contributed by atoms with van der Waals surface area (Å²) in [5.74, 6) is -1.82. The molecular weight excluding hydrogens is 686 g/mol. The monoisotopic (exact) mass is 729 g/mol. The van der Waals surface area contributed by atoms with Gasteiger partial charge in [-0.3, -0.25) is 0 Å². The Balaban J connectivity index is 1.30. The lowest BCUT2D eigenvalue weighted by atomic mass is 9.64. The van der Waals surface area contributed by atoms with E-state index in [1.165, 1.54) is 46.5 Å². The minimum absolute atomic E-state index is 0.115. The third-order valence-electron chi connectivity index (χ3n) is 11.2. The van der Waals surface area contributed by atoms with Crippen molar-refractivity contribution in [3.63, 3.8) is 0 Å². The fraction of sp³-hybridized carbons (Fsp3) is 0.204. The molecule has 0 aliphatic heterocycles. The first-order chi connectivity index (χ1) is 26.3. The first-order valence-electron chi connectivity index (χ1n) is 18.7. The van der Waals surface area contributed by atoms with Gasteiger partial charge in [-0.15, -0.1) is 0 Å². The van der Waals surface area contributed by atoms with Crippen molar-refractivity contribution in [1.29, 1.82) is 0 Å². The number of fused-ring (bicyclic) bond motifs is 5. The number of allylic oxidation sites excluding steroid dienone is 4. The maximum Gasteiger partial charge on any atom is 0.339 e. The zero-order chi connectivity index (χ0) is 38.6. The molecule has 0 heterocycles. The maximum atomic E-state index is 13.9. The van der Waals surface area contributed by atoms with Crippen LogP contribution in [0.3, 0.4) is 0 Å². The molecule has 0 fully saturated rings. The molecule has 4 N–H and O–H groups in total. The first-order valence-corrected chi connectivity index (χ1v) is 18.7. The van der Waals surface area contributed by atoms with E-state index in [2.05, 4.69) is 81.6 Å². The Kier molecular flexibility index (Phi) is 8.97. The number of aromatic hydroxyl groups is 1. The van der Waals surface area contributed by atoms with E-state index in [-0.39, 0.29) is 28.0 Å². The van der Waals surface area contributed by atoms with E-state index in [1.807, 2.05) is 24.3 Å². The van der Waals surface area contributed by atoms with E-state index in [0.29, 0.717) is 12.1 Å². The van der Waals surface area contributed by atoms with Crippen LogP contribution in [0.4, 0.5) is 10.1 Å². The highest BCUT2D eigenvalue weighted by Gasteiger charge is 2.37. The summed E-state index contributed by atoms with van der Waals surface area (Å²) in [6.07, 6.45) is 8.97. The van der Waals surface area contributed by atoms with Crippen molar-refractivity contribution < 1.29 is 24.5 Å². The fourth-order valence-electron chi connectivity index (χ4n) is 8.68. The second-order valence-electron chi connectivity index (χ2n) is 16.3. The third kappa shape index (κ3) is 6.83. The number of carboxylic acids is 1. The van der Waals surface area contributed by atoms with Crippen molar-refractivity contribution in [2.45, 2.75) is 58.6 Å². The van der Waals surface area contributed by atoms with E-state index < -0.39 is 12.1 Å². The number of hydrogen-bond donors (Lipinski definition) is 4. The molecule has 0 bridgehead atoms. The number of nitrogens with one attached hydrogen (secondary N) is 1. The van der Waals surface area contributed by atoms with E-state index in [0.717, 1.165) is 62.3 Å². The van der Waals surface area contributed by atoms with Crippen LogP contribution in [-0.4, -0.2) is 21.3 Å². The van der Waals surface area contributed by atoms with Crippen LogP contribution in [0.15, 0.2) is 127 Å². The van der Waals surface area contributed by atoms with Gasteiger partial charge in [-0.05, 0) is 115 Å². The van der Waals surface area contributed by atoms with Gasteiger partial charge in [0.2, 0.25) is 0 Å². The zero-order valence-corrected chi connectivity index (χ0v) is 31.5. The van der Waals surface area contributed by atoms with Gasteiger partial charge in [-0.2, -0.15) is 0 Å². The standard InChI is InChI=1S/C49H44FNO4/c1-48(2)22-21-36-34(26-48)27-49(3,4)46-39(36)19-14-32-24-33(25-41(44(32)46)51-28-30-9-15-35(50)16-10-30)38-18-13-31-7-5-6-8-37(31)45(38)42(52)20-12-29-11-17-40(47(54)55)43(53)23-29/h5-25,42,51-53H,26-28H2,1-4H3,(H,54,55). The molecule has 1 unspecified atom stereocenters. The first kappa shape index (κ1) is 36.0. The summed E-state index contributed by atoms with van der Waals surface area (Å²) in [6, 6.07) is 31.9. The second kappa shape index (κ2) is 13.7. The van der Waals surface area contributed by atoms with Crippen molar-refractivity contribution >= 4 is 44.9 Å². The minimum atomic E-state index is -1.21. The molecule has 2 aliphatic rings. The number of aromatic carboxylic acids is 1. The van der Waals surface area contributed by atoms with Gasteiger partial charge >= 0.3 is 5.97 Å². The molecule has 0 saturated heterocycles. The van der Waals surface area contributed by atoms with Crippen LogP contribution in [0.25, 0.3) is 44.3 Å². The smallest absolute Gasteiger partial charge is 0.339 e. The molecule has 55 heavy (non-hydrogen) atoms. The summed E-state index contributed by atoms with van der Waals surface area (Å²) < 4.78 is 13.9. The highest BCUT2D eigenvalue weighted by atomic mass is 19.1. The Hall–Kier alpha value is -5.98. The van der Waals surface area contributed by atoms with E-state index in [9.17, 15) is 24.5 Å². The number of carboxylic acid groups (broad SMARTS) is 1. The van der Waals surface area contributed by atoms with Crippen LogP contribution >= 0.6 is 0 Å². The fourth-order valence-corrected chi connectivity index (χ4v) is 8.68. The third-order valence-corrected chi connectivity index (χ3v) is 11.2. The molecule has 0 amide bonds. The lowest BCUT2D eigenvalue weighted by Crippen LogP contribution is -2.28. The van der Waals surface area contributed by atoms with Gasteiger partial charge in [0.1, 0.15) is 17.1 Å². The highest BCUT2D eigenvalue weighted by molar-refractivity contribution is 6.05. The highest BCUT2D eigenvalue weighted by Crippen LogP contribution is 2.53. The molecule has 6 heteroatoms. The lowest BCUT2D eigenvalue weighted by molar-refractivity contribution is 0.0693. The molecule has 1 atom stereocenters. The Bertz CT molecular complexity index is 2610. The summed E-state index contributed by atoms with van der Waals surface area (Å²) in [5, 5.41) is 39.5. The summed E-state index contributed by atoms with van der Waals surface area (Å²) in [5.41, 5.74) is 10.2. The molecular formula is C49H44FNO4. The number of rotatable bonds is 8. The van der Waals surface area contributed by atoms with Crippen LogP contribution < -0.4 is 5.32 Å². The quantitative estimate of drug-likeness (QED) is 0.125. The van der Waals surface area contributed by atoms with E-state index in [1.54, 1.807) is 30.4 Å². The van der Waals surface area contributed by atoms with Crippen LogP contribution in [0, 0.1) is 11.2 Å². The van der Waals surface area contributed by atoms with Gasteiger partial charge in [0.15, 0.2) is 0 Å². The number of halogens is 1. The molecule has 0 saturated carbocycles. The SMILES string of the molecule is CC1(C)C=CC2=C(C1)CC(C)(C)c1c2ccc2cc(-c3ccc4ccccc4c3C(O)C=Cc3ccc(C(=O)O)c(O)c3)cc(NCc3ccc(F)cc3)c12. The predicted octanol–water partition coefficient (Wildman–Crippen LogP) is 12.0. The maximum absolute atomic E-state index is 13.9. The number of benzene rings is 6. The molecule has 8 rings (SSSR count). The Morgan fingerprint density at radius 3 is 2.38 bits per heavy atom. The van der Waals surface area contributed by atoms with Gasteiger partial charge in [-0.1, -0.05) is 124 Å². The Morgan fingerprint density at radius 1 is 0.873 bits per heavy atom. The van der Waals surface area contributed by atoms with Crippen molar-refractivity contribution in [2.75, 3.05) is 5.32 Å². The largest absolute Gasteiger partial charge is 0.507 e. The van der Waals surface area contributed by atoms with Gasteiger partial charge in [0.05, 0.1) is 6.10 Å². The minimum Gasteiger partial charge on any atom is -0.507 e. The van der Waals surface area contributed by atoms with Gasteiger partial charge in [0, 0.05) is 23.2 Å². The van der Waals surface area contributed by atoms with Crippen LogP contribution in [-0.2, 0) is 12.0 Å². The van der Waals surface area contributed by atoms with Gasteiger partial charge in [0.25, 0.3) is 0 Å². The number of carbonyl (C=O) groups is 1. The molecule has 0 radical (unpaired) electrons. The van der Waals surface area contributed by atoms with E-state index in [4.69, 9.17) is 0 Å². The van der Waals surface area contributed by atoms with Crippen LogP contribution in [0.5, 0.6) is 5.75 Å².